The van der Waals surface area contributed by atoms with E-state index < -0.39 is 0 Å². The molecule has 3 N–H and O–H groups in total. The van der Waals surface area contributed by atoms with Crippen LogP contribution in [0.3, 0.4) is 0 Å². The van der Waals surface area contributed by atoms with Gasteiger partial charge in [-0.1, -0.05) is 13.8 Å². The lowest BCUT2D eigenvalue weighted by molar-refractivity contribution is -0.126. The summed E-state index contributed by atoms with van der Waals surface area (Å²) >= 11 is 0. The number of hydrogen-bond acceptors (Lipinski definition) is 4. The molecule has 0 heterocycles. The number of benzene rings is 1. The first-order chi connectivity index (χ1) is 12.0. The monoisotopic (exact) mass is 349 g/mol. The molecule has 140 valence electrons. The molecule has 6 nitrogen and oxygen atoms in total. The van der Waals surface area contributed by atoms with Gasteiger partial charge in [-0.15, -0.1) is 0 Å². The fourth-order valence-electron chi connectivity index (χ4n) is 3.78. The highest BCUT2D eigenvalue weighted by Crippen LogP contribution is 2.50. The highest BCUT2D eigenvalue weighted by molar-refractivity contribution is 5.92. The Morgan fingerprint density at radius 1 is 1.20 bits per heavy atom. The van der Waals surface area contributed by atoms with Crippen LogP contribution in [0.1, 0.15) is 40.0 Å². The van der Waals surface area contributed by atoms with Crippen molar-refractivity contribution in [2.24, 2.45) is 16.1 Å². The summed E-state index contributed by atoms with van der Waals surface area (Å²) in [4.78, 5) is 4.73. The minimum absolute atomic E-state index is 0.0832. The SMILES string of the molecule is CCOC1CC(N=C(N)Nc2ccc(OC)c(OC)c2)C1(CC)CC. The first-order valence-electron chi connectivity index (χ1n) is 8.98. The Bertz CT molecular complexity index is 600. The van der Waals surface area contributed by atoms with E-state index >= 15 is 0 Å². The van der Waals surface area contributed by atoms with Gasteiger partial charge in [0.1, 0.15) is 0 Å². The molecule has 0 saturated heterocycles. The number of rotatable bonds is 8. The lowest BCUT2D eigenvalue weighted by Gasteiger charge is -2.53. The number of guanidine groups is 1. The van der Waals surface area contributed by atoms with Gasteiger partial charge in [-0.05, 0) is 38.3 Å². The Morgan fingerprint density at radius 2 is 1.88 bits per heavy atom. The van der Waals surface area contributed by atoms with Crippen LogP contribution >= 0.6 is 0 Å². The number of ether oxygens (including phenoxy) is 3. The molecule has 2 unspecified atom stereocenters. The van der Waals surface area contributed by atoms with Crippen molar-refractivity contribution >= 4 is 11.6 Å². The van der Waals surface area contributed by atoms with Gasteiger partial charge in [0.2, 0.25) is 0 Å². The van der Waals surface area contributed by atoms with Crippen LogP contribution in [0.5, 0.6) is 11.5 Å². The van der Waals surface area contributed by atoms with Gasteiger partial charge < -0.3 is 25.3 Å². The number of nitrogens with two attached hydrogens (primary N) is 1. The molecule has 1 aliphatic rings. The summed E-state index contributed by atoms with van der Waals surface area (Å²) in [5.74, 6) is 1.74. The van der Waals surface area contributed by atoms with Gasteiger partial charge in [0.25, 0.3) is 0 Å². The predicted octanol–water partition coefficient (Wildman–Crippen LogP) is 3.41. The lowest BCUT2D eigenvalue weighted by Crippen LogP contribution is -2.57. The molecular formula is C19H31N3O3. The average Bonchev–Trinajstić information content (AvgIpc) is 2.61. The zero-order valence-electron chi connectivity index (χ0n) is 16.0. The summed E-state index contributed by atoms with van der Waals surface area (Å²) in [5.41, 5.74) is 7.06. The Balaban J connectivity index is 2.11. The largest absolute Gasteiger partial charge is 0.493 e. The topological polar surface area (TPSA) is 78.1 Å². The molecule has 0 spiro atoms. The van der Waals surface area contributed by atoms with Crippen molar-refractivity contribution in [1.29, 1.82) is 0 Å². The van der Waals surface area contributed by atoms with E-state index in [2.05, 4.69) is 19.2 Å². The molecule has 2 rings (SSSR count). The summed E-state index contributed by atoms with van der Waals surface area (Å²) in [7, 11) is 3.22. The normalized spacial score (nSPS) is 22.2. The van der Waals surface area contributed by atoms with Crippen molar-refractivity contribution in [2.75, 3.05) is 26.1 Å². The summed E-state index contributed by atoms with van der Waals surface area (Å²) < 4.78 is 16.5. The summed E-state index contributed by atoms with van der Waals surface area (Å²) in [5, 5.41) is 3.15. The van der Waals surface area contributed by atoms with E-state index in [4.69, 9.17) is 24.9 Å². The Labute approximate surface area is 150 Å². The van der Waals surface area contributed by atoms with Crippen molar-refractivity contribution < 1.29 is 14.2 Å². The molecule has 0 aromatic heterocycles. The molecule has 0 amide bonds. The highest BCUT2D eigenvalue weighted by Gasteiger charge is 2.53. The van der Waals surface area contributed by atoms with E-state index in [1.165, 1.54) is 0 Å². The second-order valence-electron chi connectivity index (χ2n) is 6.34. The molecule has 1 aliphatic carbocycles. The Hall–Kier alpha value is -1.95. The molecule has 1 saturated carbocycles. The van der Waals surface area contributed by atoms with Crippen LogP contribution in [0.25, 0.3) is 0 Å². The summed E-state index contributed by atoms with van der Waals surface area (Å²) in [6, 6.07) is 5.76. The third-order valence-electron chi connectivity index (χ3n) is 5.38. The molecule has 1 fully saturated rings. The van der Waals surface area contributed by atoms with E-state index in [1.807, 2.05) is 25.1 Å². The number of hydrogen-bond donors (Lipinski definition) is 2. The van der Waals surface area contributed by atoms with Gasteiger partial charge in [-0.25, -0.2) is 4.99 Å². The van der Waals surface area contributed by atoms with Crippen LogP contribution < -0.4 is 20.5 Å². The summed E-state index contributed by atoms with van der Waals surface area (Å²) in [6.45, 7) is 7.19. The molecule has 25 heavy (non-hydrogen) atoms. The standard InChI is InChI=1S/C19H31N3O3/c1-6-19(7-2)16(12-17(19)25-8-3)22-18(20)21-13-9-10-14(23-4)15(11-13)24-5/h9-11,16-17H,6-8,12H2,1-5H3,(H3,20,21,22). The van der Waals surface area contributed by atoms with Crippen molar-refractivity contribution in [1.82, 2.24) is 0 Å². The quantitative estimate of drug-likeness (QED) is 0.555. The van der Waals surface area contributed by atoms with Crippen molar-refractivity contribution in [2.45, 2.75) is 52.2 Å². The zero-order valence-corrected chi connectivity index (χ0v) is 16.0. The van der Waals surface area contributed by atoms with Gasteiger partial charge in [0.05, 0.1) is 26.4 Å². The maximum atomic E-state index is 6.15. The predicted molar refractivity (Wildman–Crippen MR) is 102 cm³/mol. The zero-order chi connectivity index (χ0) is 18.4. The minimum Gasteiger partial charge on any atom is -0.493 e. The van der Waals surface area contributed by atoms with Crippen molar-refractivity contribution in [3.8, 4) is 11.5 Å². The number of anilines is 1. The molecule has 0 bridgehead atoms. The molecule has 2 atom stereocenters. The average molecular weight is 349 g/mol. The third-order valence-corrected chi connectivity index (χ3v) is 5.38. The van der Waals surface area contributed by atoms with E-state index in [0.717, 1.165) is 31.6 Å². The number of nitrogens with one attached hydrogen (secondary N) is 1. The fourth-order valence-corrected chi connectivity index (χ4v) is 3.78. The van der Waals surface area contributed by atoms with Crippen LogP contribution in [0.15, 0.2) is 23.2 Å². The van der Waals surface area contributed by atoms with E-state index in [-0.39, 0.29) is 17.6 Å². The Morgan fingerprint density at radius 3 is 2.44 bits per heavy atom. The second-order valence-corrected chi connectivity index (χ2v) is 6.34. The summed E-state index contributed by atoms with van der Waals surface area (Å²) in [6.07, 6.45) is 3.26. The van der Waals surface area contributed by atoms with Gasteiger partial charge in [0.15, 0.2) is 17.5 Å². The number of aliphatic imine (C=N–C) groups is 1. The second kappa shape index (κ2) is 8.43. The van der Waals surface area contributed by atoms with Gasteiger partial charge in [-0.2, -0.15) is 0 Å². The van der Waals surface area contributed by atoms with Gasteiger partial charge in [-0.3, -0.25) is 0 Å². The highest BCUT2D eigenvalue weighted by atomic mass is 16.5. The van der Waals surface area contributed by atoms with Crippen LogP contribution in [-0.4, -0.2) is 38.9 Å². The molecule has 0 aliphatic heterocycles. The smallest absolute Gasteiger partial charge is 0.193 e. The maximum Gasteiger partial charge on any atom is 0.193 e. The molecule has 1 aromatic carbocycles. The fraction of sp³-hybridized carbons (Fsp3) is 0.632. The lowest BCUT2D eigenvalue weighted by atomic mass is 9.59. The van der Waals surface area contributed by atoms with Gasteiger partial charge >= 0.3 is 0 Å². The third kappa shape index (κ3) is 3.84. The molecule has 1 aromatic rings. The molecule has 6 heteroatoms. The first-order valence-corrected chi connectivity index (χ1v) is 8.98. The van der Waals surface area contributed by atoms with E-state index in [9.17, 15) is 0 Å². The van der Waals surface area contributed by atoms with Crippen molar-refractivity contribution in [3.63, 3.8) is 0 Å². The number of methoxy groups -OCH3 is 2. The van der Waals surface area contributed by atoms with E-state index in [1.54, 1.807) is 14.2 Å². The first kappa shape index (κ1) is 19.4. The van der Waals surface area contributed by atoms with Crippen LogP contribution in [0.4, 0.5) is 5.69 Å². The molecule has 0 radical (unpaired) electrons. The van der Waals surface area contributed by atoms with Crippen LogP contribution in [0, 0.1) is 5.41 Å². The molecular weight excluding hydrogens is 318 g/mol. The number of nitrogens with zero attached hydrogens (tertiary/aromatic N) is 1. The Kier molecular flexibility index (Phi) is 6.53. The van der Waals surface area contributed by atoms with Crippen molar-refractivity contribution in [3.05, 3.63) is 18.2 Å². The van der Waals surface area contributed by atoms with Gasteiger partial charge in [0, 0.05) is 23.8 Å². The maximum absolute atomic E-state index is 6.15. The van der Waals surface area contributed by atoms with Crippen LogP contribution in [0.2, 0.25) is 0 Å². The minimum atomic E-state index is 0.0832. The van der Waals surface area contributed by atoms with E-state index in [0.29, 0.717) is 17.5 Å². The van der Waals surface area contributed by atoms with Crippen LogP contribution in [-0.2, 0) is 4.74 Å².